The molecule has 0 radical (unpaired) electrons. The third-order valence-corrected chi connectivity index (χ3v) is 5.11. The summed E-state index contributed by atoms with van der Waals surface area (Å²) in [6, 6.07) is 0. The summed E-state index contributed by atoms with van der Waals surface area (Å²) >= 11 is 2.95. The molecule has 0 saturated carbocycles. The van der Waals surface area contributed by atoms with Gasteiger partial charge in [-0.1, -0.05) is 67.8 Å². The zero-order valence-corrected chi connectivity index (χ0v) is 11.7. The van der Waals surface area contributed by atoms with E-state index in [0.717, 1.165) is 19.3 Å². The van der Waals surface area contributed by atoms with Gasteiger partial charge < -0.3 is 0 Å². The highest BCUT2D eigenvalue weighted by Crippen LogP contribution is 2.17. The fourth-order valence-corrected chi connectivity index (χ4v) is 2.20. The van der Waals surface area contributed by atoms with Crippen molar-refractivity contribution in [3.63, 3.8) is 0 Å². The minimum Gasteiger partial charge on any atom is -0.285 e. The van der Waals surface area contributed by atoms with Crippen LogP contribution in [0.4, 0.5) is 0 Å². The number of unbranched alkanes of at least 4 members (excludes halogenated alkanes) is 6. The molecule has 0 aliphatic carbocycles. The average Bonchev–Trinajstić information content (AvgIpc) is 2.14. The van der Waals surface area contributed by atoms with E-state index in [1.807, 2.05) is 0 Å². The Balaban J connectivity index is 3.32. The van der Waals surface area contributed by atoms with Crippen molar-refractivity contribution in [1.82, 2.24) is 0 Å². The Morgan fingerprint density at radius 3 is 2.00 bits per heavy atom. The van der Waals surface area contributed by atoms with E-state index in [1.54, 1.807) is 0 Å². The molecule has 3 nitrogen and oxygen atoms in total. The molecule has 1 unspecified atom stereocenters. The standard InChI is InChI=1S/C10H21BrO3S/c1-2-3-4-5-6-7-8-9-10(11)15(12,13)14/h10H,2-9H2,1H3,(H,12,13,14). The molecule has 0 aliphatic rings. The van der Waals surface area contributed by atoms with Crippen LogP contribution in [0.3, 0.4) is 0 Å². The Morgan fingerprint density at radius 1 is 1.07 bits per heavy atom. The van der Waals surface area contributed by atoms with Gasteiger partial charge in [-0.25, -0.2) is 0 Å². The lowest BCUT2D eigenvalue weighted by Crippen LogP contribution is -2.12. The van der Waals surface area contributed by atoms with E-state index < -0.39 is 14.3 Å². The first kappa shape index (κ1) is 15.4. The minimum absolute atomic E-state index is 0.493. The molecule has 0 aromatic carbocycles. The summed E-state index contributed by atoms with van der Waals surface area (Å²) in [4.78, 5) is 0. The van der Waals surface area contributed by atoms with Crippen molar-refractivity contribution < 1.29 is 13.0 Å². The monoisotopic (exact) mass is 300 g/mol. The Labute approximate surface area is 102 Å². The lowest BCUT2D eigenvalue weighted by Gasteiger charge is -2.05. The molecule has 0 bridgehead atoms. The van der Waals surface area contributed by atoms with Crippen LogP contribution in [-0.4, -0.2) is 17.1 Å². The second kappa shape index (κ2) is 8.53. The number of alkyl halides is 1. The quantitative estimate of drug-likeness (QED) is 0.401. The van der Waals surface area contributed by atoms with Gasteiger partial charge in [0, 0.05) is 0 Å². The Hall–Kier alpha value is 0.390. The summed E-state index contributed by atoms with van der Waals surface area (Å²) in [5.41, 5.74) is 0. The maximum absolute atomic E-state index is 10.6. The molecule has 0 rings (SSSR count). The van der Waals surface area contributed by atoms with Crippen molar-refractivity contribution in [2.24, 2.45) is 0 Å². The first-order valence-corrected chi connectivity index (χ1v) is 8.00. The molecule has 1 N–H and O–H groups in total. The molecule has 92 valence electrons. The van der Waals surface area contributed by atoms with Crippen molar-refractivity contribution in [2.45, 2.75) is 62.4 Å². The smallest absolute Gasteiger partial charge is 0.277 e. The molecule has 0 saturated heterocycles. The van der Waals surface area contributed by atoms with Gasteiger partial charge in [-0.05, 0) is 6.42 Å². The van der Waals surface area contributed by atoms with Crippen LogP contribution >= 0.6 is 15.9 Å². The molecular formula is C10H21BrO3S. The number of rotatable bonds is 9. The van der Waals surface area contributed by atoms with Gasteiger partial charge in [0.25, 0.3) is 10.1 Å². The summed E-state index contributed by atoms with van der Waals surface area (Å²) < 4.78 is 29.2. The topological polar surface area (TPSA) is 54.4 Å². The zero-order valence-electron chi connectivity index (χ0n) is 9.28. The Kier molecular flexibility index (Phi) is 8.75. The average molecular weight is 301 g/mol. The van der Waals surface area contributed by atoms with Crippen LogP contribution < -0.4 is 0 Å². The van der Waals surface area contributed by atoms with Crippen molar-refractivity contribution in [3.8, 4) is 0 Å². The highest BCUT2D eigenvalue weighted by molar-refractivity contribution is 9.11. The molecule has 0 aromatic rings. The number of hydrogen-bond donors (Lipinski definition) is 1. The van der Waals surface area contributed by atoms with E-state index >= 15 is 0 Å². The van der Waals surface area contributed by atoms with E-state index in [1.165, 1.54) is 25.7 Å². The van der Waals surface area contributed by atoms with Gasteiger partial charge >= 0.3 is 0 Å². The van der Waals surface area contributed by atoms with E-state index in [2.05, 4.69) is 22.9 Å². The highest BCUT2D eigenvalue weighted by atomic mass is 79.9. The first-order valence-electron chi connectivity index (χ1n) is 5.59. The SMILES string of the molecule is CCCCCCCCCC(Br)S(=O)(=O)O. The van der Waals surface area contributed by atoms with Gasteiger partial charge in [0.1, 0.15) is 4.16 Å². The van der Waals surface area contributed by atoms with E-state index in [9.17, 15) is 8.42 Å². The summed E-state index contributed by atoms with van der Waals surface area (Å²) in [6.45, 7) is 2.18. The Morgan fingerprint density at radius 2 is 1.53 bits per heavy atom. The van der Waals surface area contributed by atoms with Gasteiger partial charge in [0.05, 0.1) is 0 Å². The molecule has 0 aliphatic heterocycles. The van der Waals surface area contributed by atoms with Gasteiger partial charge in [0.2, 0.25) is 0 Å². The summed E-state index contributed by atoms with van der Waals surface area (Å²) in [5, 5.41) is 0. The van der Waals surface area contributed by atoms with E-state index in [4.69, 9.17) is 4.55 Å². The lowest BCUT2D eigenvalue weighted by atomic mass is 10.1. The van der Waals surface area contributed by atoms with Gasteiger partial charge in [-0.3, -0.25) is 4.55 Å². The van der Waals surface area contributed by atoms with Crippen molar-refractivity contribution in [2.75, 3.05) is 0 Å². The van der Waals surface area contributed by atoms with Crippen LogP contribution in [0.2, 0.25) is 0 Å². The molecule has 1 atom stereocenters. The summed E-state index contributed by atoms with van der Waals surface area (Å²) in [7, 11) is -3.89. The fraction of sp³-hybridized carbons (Fsp3) is 1.00. The predicted molar refractivity (Wildman–Crippen MR) is 66.9 cm³/mol. The van der Waals surface area contributed by atoms with Crippen LogP contribution in [-0.2, 0) is 10.1 Å². The molecule has 0 spiro atoms. The highest BCUT2D eigenvalue weighted by Gasteiger charge is 2.17. The molecule has 0 amide bonds. The number of halogens is 1. The largest absolute Gasteiger partial charge is 0.285 e. The van der Waals surface area contributed by atoms with Crippen molar-refractivity contribution in [3.05, 3.63) is 0 Å². The van der Waals surface area contributed by atoms with E-state index in [-0.39, 0.29) is 0 Å². The Bertz CT molecular complexity index is 239. The predicted octanol–water partition coefficient (Wildman–Crippen LogP) is 3.74. The molecule has 15 heavy (non-hydrogen) atoms. The molecule has 0 aromatic heterocycles. The second-order valence-electron chi connectivity index (χ2n) is 3.84. The van der Waals surface area contributed by atoms with Crippen LogP contribution in [0, 0.1) is 0 Å². The maximum Gasteiger partial charge on any atom is 0.277 e. The third kappa shape index (κ3) is 9.33. The van der Waals surface area contributed by atoms with Gasteiger partial charge in [-0.2, -0.15) is 8.42 Å². The first-order chi connectivity index (χ1) is 6.98. The normalized spacial score (nSPS) is 14.1. The summed E-state index contributed by atoms with van der Waals surface area (Å²) in [6.07, 6.45) is 8.57. The van der Waals surface area contributed by atoms with Gasteiger partial charge in [-0.15, -0.1) is 0 Å². The number of hydrogen-bond acceptors (Lipinski definition) is 2. The van der Waals surface area contributed by atoms with E-state index in [0.29, 0.717) is 6.42 Å². The fourth-order valence-electron chi connectivity index (χ4n) is 1.41. The lowest BCUT2D eigenvalue weighted by molar-refractivity contribution is 0.475. The van der Waals surface area contributed by atoms with Gasteiger partial charge in [0.15, 0.2) is 0 Å². The van der Waals surface area contributed by atoms with Crippen molar-refractivity contribution in [1.29, 1.82) is 0 Å². The second-order valence-corrected chi connectivity index (χ2v) is 7.15. The van der Waals surface area contributed by atoms with Crippen LogP contribution in [0.5, 0.6) is 0 Å². The molecular weight excluding hydrogens is 280 g/mol. The molecule has 5 heteroatoms. The molecule has 0 fully saturated rings. The van der Waals surface area contributed by atoms with Crippen LogP contribution in [0.1, 0.15) is 58.3 Å². The van der Waals surface area contributed by atoms with Crippen LogP contribution in [0.25, 0.3) is 0 Å². The third-order valence-electron chi connectivity index (χ3n) is 2.36. The molecule has 0 heterocycles. The maximum atomic E-state index is 10.6. The zero-order chi connectivity index (χ0) is 11.7. The van der Waals surface area contributed by atoms with Crippen molar-refractivity contribution >= 4 is 26.0 Å². The van der Waals surface area contributed by atoms with Crippen LogP contribution in [0.15, 0.2) is 0 Å². The summed E-state index contributed by atoms with van der Waals surface area (Å²) in [5.74, 6) is 0. The minimum atomic E-state index is -3.89.